The topological polar surface area (TPSA) is 108 Å². The summed E-state index contributed by atoms with van der Waals surface area (Å²) >= 11 is 0. The van der Waals surface area contributed by atoms with Crippen LogP contribution in [0.4, 0.5) is 0 Å². The van der Waals surface area contributed by atoms with Crippen LogP contribution in [-0.2, 0) is 32.7 Å². The SMILES string of the molecule is CCCCC/C=C\C/C=C\C/C=C\CCCCCCCCC(=O)OCC(COP(=O)(O)OCC[N+](C)(C)C)OC(=O)CCCCCCCCCCCCCCCCCCCCCCCCCCCC/C=C\C/C=C\C/C=C\CCCCCCC. The van der Waals surface area contributed by atoms with E-state index in [4.69, 9.17) is 18.5 Å². The van der Waals surface area contributed by atoms with Crippen LogP contribution in [0.5, 0.6) is 0 Å². The van der Waals surface area contributed by atoms with Gasteiger partial charge in [0.25, 0.3) is 0 Å². The predicted octanol–water partition coefficient (Wildman–Crippen LogP) is 23.2. The van der Waals surface area contributed by atoms with E-state index in [1.165, 1.54) is 231 Å². The Balaban J connectivity index is 3.91. The number of ether oxygens (including phenoxy) is 2. The number of carbonyl (C=O) groups is 2. The van der Waals surface area contributed by atoms with Gasteiger partial charge in [-0.3, -0.25) is 18.6 Å². The molecule has 490 valence electrons. The largest absolute Gasteiger partial charge is 0.472 e. The third-order valence-electron chi connectivity index (χ3n) is 15.7. The maximum absolute atomic E-state index is 12.9. The molecule has 0 aliphatic carbocycles. The molecule has 0 amide bonds. The molecule has 9 nitrogen and oxygen atoms in total. The number of phosphoric ester groups is 1. The third-order valence-corrected chi connectivity index (χ3v) is 16.7. The van der Waals surface area contributed by atoms with Crippen LogP contribution < -0.4 is 0 Å². The Kier molecular flexibility index (Phi) is 62.9. The van der Waals surface area contributed by atoms with E-state index in [0.717, 1.165) is 70.6 Å². The molecule has 0 aliphatic heterocycles. The van der Waals surface area contributed by atoms with Gasteiger partial charge in [0.15, 0.2) is 6.10 Å². The Morgan fingerprint density at radius 3 is 0.976 bits per heavy atom. The summed E-state index contributed by atoms with van der Waals surface area (Å²) in [5.41, 5.74) is 0. The third kappa shape index (κ3) is 68.6. The molecule has 2 unspecified atom stereocenters. The zero-order valence-electron chi connectivity index (χ0n) is 55.9. The molecule has 0 aliphatic rings. The molecule has 0 aromatic rings. The number of allylic oxidation sites excluding steroid dienone is 12. The normalized spacial score (nSPS) is 13.5. The molecular weight excluding hydrogens is 1060 g/mol. The van der Waals surface area contributed by atoms with Crippen molar-refractivity contribution in [1.82, 2.24) is 0 Å². The van der Waals surface area contributed by atoms with Crippen LogP contribution in [0.1, 0.15) is 335 Å². The summed E-state index contributed by atoms with van der Waals surface area (Å²) in [7, 11) is 1.48. The molecule has 0 aromatic carbocycles. The van der Waals surface area contributed by atoms with E-state index < -0.39 is 26.5 Å². The number of quaternary nitrogens is 1. The first kappa shape index (κ1) is 81.5. The molecule has 0 saturated carbocycles. The highest BCUT2D eigenvalue weighted by molar-refractivity contribution is 7.47. The first-order valence-corrected chi connectivity index (χ1v) is 37.2. The van der Waals surface area contributed by atoms with Gasteiger partial charge < -0.3 is 18.9 Å². The van der Waals surface area contributed by atoms with Crippen LogP contribution in [0, 0.1) is 0 Å². The highest BCUT2D eigenvalue weighted by atomic mass is 31.2. The van der Waals surface area contributed by atoms with Gasteiger partial charge in [-0.05, 0) is 89.9 Å². The number of likely N-dealkylation sites (N-methyl/N-ethyl adjacent to an activating group) is 1. The lowest BCUT2D eigenvalue weighted by atomic mass is 10.0. The van der Waals surface area contributed by atoms with E-state index in [1.54, 1.807) is 0 Å². The first-order chi connectivity index (χ1) is 41.0. The number of hydrogen-bond donors (Lipinski definition) is 1. The lowest BCUT2D eigenvalue weighted by Crippen LogP contribution is -2.37. The van der Waals surface area contributed by atoms with Gasteiger partial charge in [0, 0.05) is 12.8 Å². The number of rotatable bonds is 66. The standard InChI is InChI=1S/C74H136NO8P/c1-6-8-10-12-14-16-18-20-22-24-26-27-28-29-30-31-32-33-34-35-36-37-38-39-40-41-42-43-44-45-46-47-49-51-53-55-57-59-61-63-65-67-74(77)83-72(71-82-84(78,79)81-69-68-75(3,4)5)70-80-73(76)66-64-62-60-58-56-54-52-50-48-25-23-21-19-17-15-13-11-9-7-2/h15,17-18,20-21,23-24,26,28-29,48,50,72H,6-14,16,19,22,25,27,30-47,49,51-71H2,1-5H3/p+1/b17-15-,20-18-,23-21-,26-24-,29-28-,50-48-. The average molecular weight is 1200 g/mol. The highest BCUT2D eigenvalue weighted by Gasteiger charge is 2.27. The van der Waals surface area contributed by atoms with Crippen molar-refractivity contribution in [3.05, 3.63) is 72.9 Å². The molecule has 1 N–H and O–H groups in total. The van der Waals surface area contributed by atoms with Crippen molar-refractivity contribution >= 4 is 19.8 Å². The van der Waals surface area contributed by atoms with Crippen LogP contribution in [0.2, 0.25) is 0 Å². The summed E-state index contributed by atoms with van der Waals surface area (Å²) < 4.78 is 34.7. The van der Waals surface area contributed by atoms with Crippen molar-refractivity contribution in [2.45, 2.75) is 341 Å². The summed E-state index contributed by atoms with van der Waals surface area (Å²) in [6.07, 6.45) is 87.4. The van der Waals surface area contributed by atoms with Gasteiger partial charge in [-0.1, -0.05) is 305 Å². The van der Waals surface area contributed by atoms with E-state index in [9.17, 15) is 19.0 Å². The highest BCUT2D eigenvalue weighted by Crippen LogP contribution is 2.43. The molecule has 0 bridgehead atoms. The summed E-state index contributed by atoms with van der Waals surface area (Å²) in [5.74, 6) is -0.800. The zero-order chi connectivity index (χ0) is 61.2. The minimum absolute atomic E-state index is 0.0290. The average Bonchev–Trinajstić information content (AvgIpc) is 3.46. The quantitative estimate of drug-likeness (QED) is 0.0211. The predicted molar refractivity (Wildman–Crippen MR) is 363 cm³/mol. The van der Waals surface area contributed by atoms with Crippen molar-refractivity contribution in [3.8, 4) is 0 Å². The number of hydrogen-bond acceptors (Lipinski definition) is 7. The molecule has 0 rings (SSSR count). The molecule has 0 radical (unpaired) electrons. The second-order valence-electron chi connectivity index (χ2n) is 25.3. The lowest BCUT2D eigenvalue weighted by molar-refractivity contribution is -0.870. The Morgan fingerprint density at radius 2 is 0.643 bits per heavy atom. The van der Waals surface area contributed by atoms with Crippen LogP contribution in [0.25, 0.3) is 0 Å². The van der Waals surface area contributed by atoms with Crippen molar-refractivity contribution in [2.75, 3.05) is 47.5 Å². The summed E-state index contributed by atoms with van der Waals surface area (Å²) in [6, 6.07) is 0. The minimum Gasteiger partial charge on any atom is -0.462 e. The number of esters is 2. The molecule has 0 fully saturated rings. The van der Waals surface area contributed by atoms with E-state index in [2.05, 4.69) is 86.8 Å². The smallest absolute Gasteiger partial charge is 0.462 e. The molecule has 0 saturated heterocycles. The van der Waals surface area contributed by atoms with Crippen LogP contribution in [-0.4, -0.2) is 74.9 Å². The lowest BCUT2D eigenvalue weighted by Gasteiger charge is -2.24. The van der Waals surface area contributed by atoms with E-state index in [0.29, 0.717) is 17.4 Å². The van der Waals surface area contributed by atoms with Crippen LogP contribution >= 0.6 is 7.82 Å². The van der Waals surface area contributed by atoms with Gasteiger partial charge in [0.1, 0.15) is 19.8 Å². The van der Waals surface area contributed by atoms with E-state index in [1.807, 2.05) is 21.1 Å². The zero-order valence-corrected chi connectivity index (χ0v) is 56.8. The molecule has 0 spiro atoms. The van der Waals surface area contributed by atoms with E-state index >= 15 is 0 Å². The fraction of sp³-hybridized carbons (Fsp3) is 0.811. The summed E-state index contributed by atoms with van der Waals surface area (Å²) in [4.78, 5) is 35.8. The summed E-state index contributed by atoms with van der Waals surface area (Å²) in [6.45, 7) is 4.41. The summed E-state index contributed by atoms with van der Waals surface area (Å²) in [5, 5.41) is 0. The molecule has 84 heavy (non-hydrogen) atoms. The van der Waals surface area contributed by atoms with Crippen LogP contribution in [0.15, 0.2) is 72.9 Å². The van der Waals surface area contributed by atoms with Gasteiger partial charge in [0.05, 0.1) is 27.7 Å². The molecule has 2 atom stereocenters. The van der Waals surface area contributed by atoms with Gasteiger partial charge in [0.2, 0.25) is 0 Å². The Morgan fingerprint density at radius 1 is 0.369 bits per heavy atom. The van der Waals surface area contributed by atoms with Gasteiger partial charge in [-0.15, -0.1) is 0 Å². The fourth-order valence-corrected chi connectivity index (χ4v) is 11.0. The molecule has 0 heterocycles. The van der Waals surface area contributed by atoms with Gasteiger partial charge >= 0.3 is 19.8 Å². The Bertz CT molecular complexity index is 1650. The van der Waals surface area contributed by atoms with Gasteiger partial charge in [-0.2, -0.15) is 0 Å². The molecular formula is C74H137NO8P+. The second-order valence-corrected chi connectivity index (χ2v) is 26.7. The Hall–Kier alpha value is -2.55. The maximum Gasteiger partial charge on any atom is 0.472 e. The molecule has 0 aromatic heterocycles. The Labute approximate surface area is 520 Å². The second kappa shape index (κ2) is 64.9. The van der Waals surface area contributed by atoms with Crippen molar-refractivity contribution in [2.24, 2.45) is 0 Å². The minimum atomic E-state index is -4.39. The van der Waals surface area contributed by atoms with Crippen LogP contribution in [0.3, 0.4) is 0 Å². The number of nitrogens with zero attached hydrogens (tertiary/aromatic N) is 1. The number of carbonyl (C=O) groups excluding carboxylic acids is 2. The van der Waals surface area contributed by atoms with Crippen molar-refractivity contribution in [3.63, 3.8) is 0 Å². The van der Waals surface area contributed by atoms with E-state index in [-0.39, 0.29) is 32.0 Å². The number of unbranched alkanes of at least 4 members (excludes halogenated alkanes) is 40. The fourth-order valence-electron chi connectivity index (χ4n) is 10.2. The van der Waals surface area contributed by atoms with Crippen molar-refractivity contribution in [1.29, 1.82) is 0 Å². The monoisotopic (exact) mass is 1200 g/mol. The number of phosphoric acid groups is 1. The maximum atomic E-state index is 12.9. The van der Waals surface area contributed by atoms with Crippen molar-refractivity contribution < 1.29 is 42.1 Å². The van der Waals surface area contributed by atoms with Gasteiger partial charge in [-0.25, -0.2) is 4.57 Å². The first-order valence-electron chi connectivity index (χ1n) is 35.7. The molecule has 10 heteroatoms.